The van der Waals surface area contributed by atoms with Gasteiger partial charge >= 0.3 is 0 Å². The zero-order valence-electron chi connectivity index (χ0n) is 10.9. The van der Waals surface area contributed by atoms with Crippen molar-refractivity contribution in [2.75, 3.05) is 11.1 Å². The molecule has 3 rings (SSSR count). The second-order valence-electron chi connectivity index (χ2n) is 5.10. The number of carbonyl (C=O) groups excluding carboxylic acids is 1. The fourth-order valence-electron chi connectivity index (χ4n) is 2.61. The zero-order chi connectivity index (χ0) is 14.1. The van der Waals surface area contributed by atoms with Gasteiger partial charge < -0.3 is 11.1 Å². The number of benzene rings is 2. The Morgan fingerprint density at radius 3 is 2.40 bits per heavy atom. The molecule has 0 bridgehead atoms. The molecule has 2 aromatic carbocycles. The van der Waals surface area contributed by atoms with E-state index >= 15 is 0 Å². The molecule has 4 heteroatoms. The average Bonchev–Trinajstić information content (AvgIpc) is 2.86. The summed E-state index contributed by atoms with van der Waals surface area (Å²) < 4.78 is 0.807. The minimum atomic E-state index is 0.0110. The van der Waals surface area contributed by atoms with E-state index in [1.165, 1.54) is 11.1 Å². The van der Waals surface area contributed by atoms with E-state index in [4.69, 9.17) is 5.73 Å². The quantitative estimate of drug-likeness (QED) is 0.829. The Morgan fingerprint density at radius 1 is 1.15 bits per heavy atom. The summed E-state index contributed by atoms with van der Waals surface area (Å²) in [6.45, 7) is 0. The molecular formula is C16H15BrN2O. The van der Waals surface area contributed by atoms with Crippen LogP contribution in [0.1, 0.15) is 11.1 Å². The zero-order valence-corrected chi connectivity index (χ0v) is 12.5. The van der Waals surface area contributed by atoms with Gasteiger partial charge in [0.15, 0.2) is 0 Å². The number of amides is 1. The third kappa shape index (κ3) is 2.56. The van der Waals surface area contributed by atoms with Gasteiger partial charge in [-0.1, -0.05) is 24.3 Å². The van der Waals surface area contributed by atoms with Gasteiger partial charge in [0, 0.05) is 16.1 Å². The van der Waals surface area contributed by atoms with Crippen molar-refractivity contribution in [3.63, 3.8) is 0 Å². The van der Waals surface area contributed by atoms with Crippen LogP contribution in [0.2, 0.25) is 0 Å². The molecule has 1 aliphatic carbocycles. The summed E-state index contributed by atoms with van der Waals surface area (Å²) in [5, 5.41) is 2.97. The largest absolute Gasteiger partial charge is 0.399 e. The average molecular weight is 331 g/mol. The predicted octanol–water partition coefficient (Wildman–Crippen LogP) is 3.38. The number of carbonyl (C=O) groups is 1. The predicted molar refractivity (Wildman–Crippen MR) is 84.5 cm³/mol. The van der Waals surface area contributed by atoms with Crippen molar-refractivity contribution >= 4 is 33.2 Å². The summed E-state index contributed by atoms with van der Waals surface area (Å²) in [5.74, 6) is 0.0727. The molecule has 0 unspecified atom stereocenters. The topological polar surface area (TPSA) is 55.1 Å². The third-order valence-electron chi connectivity index (χ3n) is 3.67. The number of hydrogen-bond donors (Lipinski definition) is 2. The van der Waals surface area contributed by atoms with E-state index < -0.39 is 0 Å². The number of nitrogens with two attached hydrogens (primary N) is 1. The van der Waals surface area contributed by atoms with Gasteiger partial charge in [-0.3, -0.25) is 4.79 Å². The normalized spacial score (nSPS) is 14.1. The first kappa shape index (κ1) is 13.2. The smallest absolute Gasteiger partial charge is 0.228 e. The van der Waals surface area contributed by atoms with Crippen molar-refractivity contribution in [2.24, 2.45) is 5.92 Å². The molecule has 0 fully saturated rings. The lowest BCUT2D eigenvalue weighted by molar-refractivity contribution is -0.119. The van der Waals surface area contributed by atoms with Crippen LogP contribution in [0.15, 0.2) is 46.9 Å². The summed E-state index contributed by atoms with van der Waals surface area (Å²) in [6, 6.07) is 13.6. The molecule has 0 saturated carbocycles. The van der Waals surface area contributed by atoms with Crippen LogP contribution in [0.4, 0.5) is 11.4 Å². The lowest BCUT2D eigenvalue weighted by Crippen LogP contribution is -2.23. The van der Waals surface area contributed by atoms with E-state index in [0.29, 0.717) is 5.69 Å². The maximum atomic E-state index is 12.4. The molecule has 2 aromatic rings. The minimum Gasteiger partial charge on any atom is -0.399 e. The summed E-state index contributed by atoms with van der Waals surface area (Å²) >= 11 is 3.42. The molecule has 0 saturated heterocycles. The maximum Gasteiger partial charge on any atom is 0.228 e. The van der Waals surface area contributed by atoms with Gasteiger partial charge in [-0.2, -0.15) is 0 Å². The second-order valence-corrected chi connectivity index (χ2v) is 5.96. The SMILES string of the molecule is Nc1ccc(NC(=O)C2Cc3ccccc3C2)c(Br)c1. The molecule has 3 N–H and O–H groups in total. The van der Waals surface area contributed by atoms with E-state index in [1.807, 2.05) is 18.2 Å². The molecular weight excluding hydrogens is 316 g/mol. The third-order valence-corrected chi connectivity index (χ3v) is 4.33. The van der Waals surface area contributed by atoms with Crippen LogP contribution < -0.4 is 11.1 Å². The van der Waals surface area contributed by atoms with Gasteiger partial charge in [-0.05, 0) is 58.1 Å². The van der Waals surface area contributed by atoms with Crippen LogP contribution in [0, 0.1) is 5.92 Å². The van der Waals surface area contributed by atoms with Crippen LogP contribution in [0.5, 0.6) is 0 Å². The standard InChI is InChI=1S/C16H15BrN2O/c17-14-9-13(18)5-6-15(14)19-16(20)12-7-10-3-1-2-4-11(10)8-12/h1-6,9,12H,7-8,18H2,(H,19,20). The molecule has 102 valence electrons. The number of rotatable bonds is 2. The fourth-order valence-corrected chi connectivity index (χ4v) is 3.11. The Hall–Kier alpha value is -1.81. The summed E-state index contributed by atoms with van der Waals surface area (Å²) in [6.07, 6.45) is 1.63. The summed E-state index contributed by atoms with van der Waals surface area (Å²) in [5.41, 5.74) is 9.69. The highest BCUT2D eigenvalue weighted by molar-refractivity contribution is 9.10. The molecule has 0 radical (unpaired) electrons. The maximum absolute atomic E-state index is 12.4. The molecule has 20 heavy (non-hydrogen) atoms. The number of nitrogens with one attached hydrogen (secondary N) is 1. The van der Waals surface area contributed by atoms with Crippen molar-refractivity contribution in [1.82, 2.24) is 0 Å². The Morgan fingerprint density at radius 2 is 1.80 bits per heavy atom. The van der Waals surface area contributed by atoms with Crippen molar-refractivity contribution in [3.8, 4) is 0 Å². The van der Waals surface area contributed by atoms with Gasteiger partial charge in [-0.15, -0.1) is 0 Å². The van der Waals surface area contributed by atoms with Gasteiger partial charge in [0.1, 0.15) is 0 Å². The number of hydrogen-bond acceptors (Lipinski definition) is 2. The van der Waals surface area contributed by atoms with E-state index in [-0.39, 0.29) is 11.8 Å². The first-order chi connectivity index (χ1) is 9.63. The summed E-state index contributed by atoms with van der Waals surface area (Å²) in [7, 11) is 0. The van der Waals surface area contributed by atoms with Crippen molar-refractivity contribution in [1.29, 1.82) is 0 Å². The molecule has 0 aliphatic heterocycles. The van der Waals surface area contributed by atoms with Crippen LogP contribution >= 0.6 is 15.9 Å². The van der Waals surface area contributed by atoms with Crippen molar-refractivity contribution in [3.05, 3.63) is 58.1 Å². The van der Waals surface area contributed by atoms with Crippen molar-refractivity contribution in [2.45, 2.75) is 12.8 Å². The minimum absolute atomic E-state index is 0.0110. The molecule has 1 aliphatic rings. The second kappa shape index (κ2) is 5.29. The Labute approximate surface area is 126 Å². The van der Waals surface area contributed by atoms with Gasteiger partial charge in [-0.25, -0.2) is 0 Å². The molecule has 1 amide bonds. The molecule has 0 heterocycles. The van der Waals surface area contributed by atoms with Gasteiger partial charge in [0.2, 0.25) is 5.91 Å². The lowest BCUT2D eigenvalue weighted by atomic mass is 10.1. The molecule has 0 atom stereocenters. The van der Waals surface area contributed by atoms with E-state index in [0.717, 1.165) is 23.0 Å². The number of fused-ring (bicyclic) bond motifs is 1. The highest BCUT2D eigenvalue weighted by Crippen LogP contribution is 2.29. The Kier molecular flexibility index (Phi) is 3.49. The summed E-state index contributed by atoms with van der Waals surface area (Å²) in [4.78, 5) is 12.4. The van der Waals surface area contributed by atoms with Crippen LogP contribution in [-0.2, 0) is 17.6 Å². The van der Waals surface area contributed by atoms with Crippen LogP contribution in [0.3, 0.4) is 0 Å². The fraction of sp³-hybridized carbons (Fsp3) is 0.188. The van der Waals surface area contributed by atoms with E-state index in [1.54, 1.807) is 12.1 Å². The molecule has 0 spiro atoms. The lowest BCUT2D eigenvalue weighted by Gasteiger charge is -2.12. The molecule has 0 aromatic heterocycles. The van der Waals surface area contributed by atoms with E-state index in [2.05, 4.69) is 33.4 Å². The first-order valence-corrected chi connectivity index (χ1v) is 7.35. The van der Waals surface area contributed by atoms with Gasteiger partial charge in [0.25, 0.3) is 0 Å². The number of nitrogen functional groups attached to an aromatic ring is 1. The molecule has 3 nitrogen and oxygen atoms in total. The van der Waals surface area contributed by atoms with Crippen LogP contribution in [-0.4, -0.2) is 5.91 Å². The van der Waals surface area contributed by atoms with Crippen molar-refractivity contribution < 1.29 is 4.79 Å². The van der Waals surface area contributed by atoms with Gasteiger partial charge in [0.05, 0.1) is 5.69 Å². The number of halogens is 1. The Bertz CT molecular complexity index is 644. The first-order valence-electron chi connectivity index (χ1n) is 6.56. The number of anilines is 2. The highest BCUT2D eigenvalue weighted by Gasteiger charge is 2.27. The Balaban J connectivity index is 1.72. The van der Waals surface area contributed by atoms with E-state index in [9.17, 15) is 4.79 Å². The highest BCUT2D eigenvalue weighted by atomic mass is 79.9. The van der Waals surface area contributed by atoms with Crippen LogP contribution in [0.25, 0.3) is 0 Å². The monoisotopic (exact) mass is 330 g/mol.